The van der Waals surface area contributed by atoms with E-state index in [0.29, 0.717) is 24.6 Å². The largest absolute Gasteiger partial charge is 0.373 e. The number of morpholine rings is 1. The Bertz CT molecular complexity index is 753. The smallest absolute Gasteiger partial charge is 0.251 e. The van der Waals surface area contributed by atoms with Gasteiger partial charge in [-0.15, -0.1) is 0 Å². The van der Waals surface area contributed by atoms with Gasteiger partial charge in [0, 0.05) is 24.7 Å². The first kappa shape index (κ1) is 20.3. The second-order valence-corrected chi connectivity index (χ2v) is 9.88. The van der Waals surface area contributed by atoms with Crippen LogP contribution in [0.15, 0.2) is 29.2 Å². The molecule has 0 spiro atoms. The zero-order valence-electron chi connectivity index (χ0n) is 16.3. The molecule has 1 N–H and O–H groups in total. The quantitative estimate of drug-likeness (QED) is 0.852. The fourth-order valence-electron chi connectivity index (χ4n) is 4.04. The number of benzene rings is 1. The molecule has 0 bridgehead atoms. The van der Waals surface area contributed by atoms with Gasteiger partial charge in [-0.2, -0.15) is 4.31 Å². The topological polar surface area (TPSA) is 75.7 Å². The van der Waals surface area contributed by atoms with E-state index >= 15 is 0 Å². The molecule has 0 radical (unpaired) electrons. The van der Waals surface area contributed by atoms with E-state index in [0.717, 1.165) is 19.3 Å². The first-order chi connectivity index (χ1) is 12.8. The Kier molecular flexibility index (Phi) is 6.23. The van der Waals surface area contributed by atoms with Gasteiger partial charge in [0.05, 0.1) is 17.1 Å². The summed E-state index contributed by atoms with van der Waals surface area (Å²) in [5.74, 6) is 0.346. The minimum atomic E-state index is -3.58. The van der Waals surface area contributed by atoms with E-state index < -0.39 is 10.0 Å². The number of carbonyl (C=O) groups is 1. The van der Waals surface area contributed by atoms with Gasteiger partial charge in [-0.3, -0.25) is 4.79 Å². The van der Waals surface area contributed by atoms with Crippen LogP contribution in [-0.4, -0.2) is 50.0 Å². The molecule has 1 aromatic carbocycles. The van der Waals surface area contributed by atoms with Gasteiger partial charge in [0.25, 0.3) is 5.91 Å². The van der Waals surface area contributed by atoms with Crippen LogP contribution >= 0.6 is 0 Å². The number of amides is 1. The average Bonchev–Trinajstić information content (AvgIpc) is 2.63. The molecule has 1 saturated heterocycles. The predicted octanol–water partition coefficient (Wildman–Crippen LogP) is 2.79. The maximum atomic E-state index is 12.9. The van der Waals surface area contributed by atoms with Gasteiger partial charge in [-0.05, 0) is 56.9 Å². The highest BCUT2D eigenvalue weighted by Gasteiger charge is 2.32. The maximum absolute atomic E-state index is 12.9. The Morgan fingerprint density at radius 3 is 2.22 bits per heavy atom. The molecule has 2 fully saturated rings. The normalized spacial score (nSPS) is 30.0. The Morgan fingerprint density at radius 2 is 1.63 bits per heavy atom. The first-order valence-corrected chi connectivity index (χ1v) is 11.3. The number of hydrogen-bond acceptors (Lipinski definition) is 4. The van der Waals surface area contributed by atoms with Crippen LogP contribution < -0.4 is 5.32 Å². The van der Waals surface area contributed by atoms with E-state index in [1.165, 1.54) is 22.9 Å². The van der Waals surface area contributed by atoms with Crippen LogP contribution in [0.4, 0.5) is 0 Å². The number of nitrogens with one attached hydrogen (secondary N) is 1. The lowest BCUT2D eigenvalue weighted by atomic mass is 9.86. The summed E-state index contributed by atoms with van der Waals surface area (Å²) < 4.78 is 32.9. The SMILES string of the molecule is CC1CN(S(=O)(=O)c2ccc(C(=O)NC3CCCCC3C)cc2)CC(C)O1. The second kappa shape index (κ2) is 8.29. The number of hydrogen-bond donors (Lipinski definition) is 1. The zero-order valence-corrected chi connectivity index (χ0v) is 17.2. The van der Waals surface area contributed by atoms with Crippen LogP contribution in [0, 0.1) is 5.92 Å². The molecule has 1 saturated carbocycles. The van der Waals surface area contributed by atoms with Crippen molar-refractivity contribution in [3.05, 3.63) is 29.8 Å². The molecule has 1 heterocycles. The summed E-state index contributed by atoms with van der Waals surface area (Å²) in [6.45, 7) is 6.60. The molecule has 27 heavy (non-hydrogen) atoms. The van der Waals surface area contributed by atoms with Gasteiger partial charge in [-0.25, -0.2) is 8.42 Å². The lowest BCUT2D eigenvalue weighted by Crippen LogP contribution is -2.48. The molecule has 7 heteroatoms. The molecule has 1 aromatic rings. The van der Waals surface area contributed by atoms with Crippen LogP contribution in [0.5, 0.6) is 0 Å². The zero-order chi connectivity index (χ0) is 19.6. The summed E-state index contributed by atoms with van der Waals surface area (Å²) in [4.78, 5) is 12.7. The minimum Gasteiger partial charge on any atom is -0.373 e. The molecule has 4 unspecified atom stereocenters. The Labute approximate surface area is 162 Å². The van der Waals surface area contributed by atoms with Gasteiger partial charge < -0.3 is 10.1 Å². The van der Waals surface area contributed by atoms with Crippen LogP contribution in [0.25, 0.3) is 0 Å². The van der Waals surface area contributed by atoms with Crippen molar-refractivity contribution in [2.75, 3.05) is 13.1 Å². The van der Waals surface area contributed by atoms with Crippen molar-refractivity contribution < 1.29 is 17.9 Å². The summed E-state index contributed by atoms with van der Waals surface area (Å²) in [6.07, 6.45) is 4.24. The van der Waals surface area contributed by atoms with Crippen molar-refractivity contribution in [2.24, 2.45) is 5.92 Å². The molecule has 0 aromatic heterocycles. The van der Waals surface area contributed by atoms with E-state index in [9.17, 15) is 13.2 Å². The molecule has 6 nitrogen and oxygen atoms in total. The lowest BCUT2D eigenvalue weighted by molar-refractivity contribution is -0.0440. The molecule has 4 atom stereocenters. The fraction of sp³-hybridized carbons (Fsp3) is 0.650. The third-order valence-corrected chi connectivity index (χ3v) is 7.41. The molecular formula is C20H30N2O4S. The molecule has 1 amide bonds. The lowest BCUT2D eigenvalue weighted by Gasteiger charge is -2.34. The van der Waals surface area contributed by atoms with E-state index in [1.54, 1.807) is 12.1 Å². The second-order valence-electron chi connectivity index (χ2n) is 7.95. The Balaban J connectivity index is 1.69. The van der Waals surface area contributed by atoms with Crippen LogP contribution in [0.1, 0.15) is 56.8 Å². The summed E-state index contributed by atoms with van der Waals surface area (Å²) in [5, 5.41) is 3.10. The fourth-order valence-corrected chi connectivity index (χ4v) is 5.63. The summed E-state index contributed by atoms with van der Waals surface area (Å²) in [7, 11) is -3.58. The van der Waals surface area contributed by atoms with Gasteiger partial charge in [0.2, 0.25) is 10.0 Å². The van der Waals surface area contributed by atoms with Crippen molar-refractivity contribution >= 4 is 15.9 Å². The van der Waals surface area contributed by atoms with Crippen molar-refractivity contribution in [1.82, 2.24) is 9.62 Å². The van der Waals surface area contributed by atoms with Crippen molar-refractivity contribution in [3.8, 4) is 0 Å². The first-order valence-electron chi connectivity index (χ1n) is 9.84. The Hall–Kier alpha value is -1.44. The van der Waals surface area contributed by atoms with Gasteiger partial charge >= 0.3 is 0 Å². The van der Waals surface area contributed by atoms with Crippen molar-refractivity contribution in [2.45, 2.75) is 69.6 Å². The van der Waals surface area contributed by atoms with Gasteiger partial charge in [0.15, 0.2) is 0 Å². The van der Waals surface area contributed by atoms with E-state index in [4.69, 9.17) is 4.74 Å². The minimum absolute atomic E-state index is 0.133. The number of rotatable bonds is 4. The molecular weight excluding hydrogens is 364 g/mol. The van der Waals surface area contributed by atoms with Gasteiger partial charge in [-0.1, -0.05) is 19.8 Å². The van der Waals surface area contributed by atoms with E-state index in [2.05, 4.69) is 12.2 Å². The van der Waals surface area contributed by atoms with Crippen LogP contribution in [0.3, 0.4) is 0 Å². The third kappa shape index (κ3) is 4.70. The molecule has 3 rings (SSSR count). The van der Waals surface area contributed by atoms with Crippen molar-refractivity contribution in [1.29, 1.82) is 0 Å². The average molecular weight is 395 g/mol. The number of sulfonamides is 1. The number of carbonyl (C=O) groups excluding carboxylic acids is 1. The molecule has 1 aliphatic heterocycles. The van der Waals surface area contributed by atoms with E-state index in [1.807, 2.05) is 13.8 Å². The highest BCUT2D eigenvalue weighted by molar-refractivity contribution is 7.89. The van der Waals surface area contributed by atoms with E-state index in [-0.39, 0.29) is 29.1 Å². The monoisotopic (exact) mass is 394 g/mol. The van der Waals surface area contributed by atoms with Crippen molar-refractivity contribution in [3.63, 3.8) is 0 Å². The highest BCUT2D eigenvalue weighted by atomic mass is 32.2. The number of ether oxygens (including phenoxy) is 1. The molecule has 1 aliphatic carbocycles. The summed E-state index contributed by atoms with van der Waals surface area (Å²) in [5.41, 5.74) is 0.496. The third-order valence-electron chi connectivity index (χ3n) is 5.57. The predicted molar refractivity (Wildman–Crippen MR) is 104 cm³/mol. The van der Waals surface area contributed by atoms with Crippen LogP contribution in [-0.2, 0) is 14.8 Å². The summed E-state index contributed by atoms with van der Waals surface area (Å²) in [6, 6.07) is 6.45. The standard InChI is InChI=1S/C20H30N2O4S/c1-14-6-4-5-7-19(14)21-20(23)17-8-10-18(11-9-17)27(24,25)22-12-15(2)26-16(3)13-22/h8-11,14-16,19H,4-7,12-13H2,1-3H3,(H,21,23). The van der Waals surface area contributed by atoms with Gasteiger partial charge in [0.1, 0.15) is 0 Å². The Morgan fingerprint density at radius 1 is 1.04 bits per heavy atom. The summed E-state index contributed by atoms with van der Waals surface area (Å²) >= 11 is 0. The number of nitrogens with zero attached hydrogens (tertiary/aromatic N) is 1. The molecule has 150 valence electrons. The highest BCUT2D eigenvalue weighted by Crippen LogP contribution is 2.25. The maximum Gasteiger partial charge on any atom is 0.251 e. The molecule has 2 aliphatic rings. The van der Waals surface area contributed by atoms with Crippen LogP contribution in [0.2, 0.25) is 0 Å².